The van der Waals surface area contributed by atoms with E-state index in [0.29, 0.717) is 12.4 Å². The van der Waals surface area contributed by atoms with Gasteiger partial charge in [0.25, 0.3) is 0 Å². The van der Waals surface area contributed by atoms with Crippen molar-refractivity contribution in [3.05, 3.63) is 46.2 Å². The molecule has 0 radical (unpaired) electrons. The van der Waals surface area contributed by atoms with Gasteiger partial charge >= 0.3 is 0 Å². The maximum absolute atomic E-state index is 9.26. The predicted molar refractivity (Wildman–Crippen MR) is 67.6 cm³/mol. The van der Waals surface area contributed by atoms with Crippen molar-refractivity contribution in [3.8, 4) is 11.5 Å². The Labute approximate surface area is 104 Å². The first-order valence-corrected chi connectivity index (χ1v) is 6.14. The van der Waals surface area contributed by atoms with E-state index in [1.807, 2.05) is 29.6 Å². The minimum atomic E-state index is -0.0586. The van der Waals surface area contributed by atoms with Gasteiger partial charge in [0.15, 0.2) is 0 Å². The van der Waals surface area contributed by atoms with Gasteiger partial charge in [-0.25, -0.2) is 0 Å². The van der Waals surface area contributed by atoms with Crippen LogP contribution in [-0.4, -0.2) is 12.2 Å². The van der Waals surface area contributed by atoms with Gasteiger partial charge in [0.1, 0.15) is 18.1 Å². The third kappa shape index (κ3) is 2.99. The van der Waals surface area contributed by atoms with Crippen molar-refractivity contribution in [1.82, 2.24) is 0 Å². The van der Waals surface area contributed by atoms with Gasteiger partial charge < -0.3 is 14.6 Å². The molecule has 2 aromatic rings. The van der Waals surface area contributed by atoms with Crippen molar-refractivity contribution in [2.75, 3.05) is 7.11 Å². The minimum absolute atomic E-state index is 0.0586. The summed E-state index contributed by atoms with van der Waals surface area (Å²) in [5, 5.41) is 11.3. The molecule has 0 aliphatic carbocycles. The Hall–Kier alpha value is -1.52. The monoisotopic (exact) mass is 250 g/mol. The lowest BCUT2D eigenvalue weighted by Crippen LogP contribution is -1.98. The molecule has 0 saturated heterocycles. The summed E-state index contributed by atoms with van der Waals surface area (Å²) in [6.07, 6.45) is 0. The zero-order chi connectivity index (χ0) is 12.1. The molecular weight excluding hydrogens is 236 g/mol. The van der Waals surface area contributed by atoms with Gasteiger partial charge in [0.2, 0.25) is 0 Å². The van der Waals surface area contributed by atoms with Crippen LogP contribution in [0.4, 0.5) is 0 Å². The van der Waals surface area contributed by atoms with Crippen molar-refractivity contribution in [2.45, 2.75) is 13.2 Å². The Kier molecular flexibility index (Phi) is 4.01. The van der Waals surface area contributed by atoms with Gasteiger partial charge in [-0.1, -0.05) is 6.07 Å². The summed E-state index contributed by atoms with van der Waals surface area (Å²) in [7, 11) is 1.60. The molecule has 90 valence electrons. The molecule has 17 heavy (non-hydrogen) atoms. The fraction of sp³-hybridized carbons (Fsp3) is 0.231. The summed E-state index contributed by atoms with van der Waals surface area (Å²) in [6, 6.07) is 9.43. The second-order valence-electron chi connectivity index (χ2n) is 3.50. The molecule has 0 amide bonds. The lowest BCUT2D eigenvalue weighted by molar-refractivity contribution is 0.259. The second-order valence-corrected chi connectivity index (χ2v) is 4.53. The number of hydrogen-bond acceptors (Lipinski definition) is 4. The number of hydrogen-bond donors (Lipinski definition) is 1. The Bertz CT molecular complexity index is 466. The van der Waals surface area contributed by atoms with Crippen LogP contribution >= 0.6 is 11.3 Å². The number of aliphatic hydroxyl groups is 1. The van der Waals surface area contributed by atoms with Crippen LogP contribution in [0.5, 0.6) is 11.5 Å². The van der Waals surface area contributed by atoms with Crippen LogP contribution in [0.2, 0.25) is 0 Å². The molecule has 1 aromatic carbocycles. The Balaban J connectivity index is 2.09. The number of ether oxygens (including phenoxy) is 2. The standard InChI is InChI=1S/C13H14O3S/c1-15-11-4-5-13(10(7-11)8-14)16-9-12-3-2-6-17-12/h2-7,14H,8-9H2,1H3. The van der Waals surface area contributed by atoms with E-state index < -0.39 is 0 Å². The van der Waals surface area contributed by atoms with E-state index in [9.17, 15) is 5.11 Å². The van der Waals surface area contributed by atoms with Crippen molar-refractivity contribution < 1.29 is 14.6 Å². The van der Waals surface area contributed by atoms with Gasteiger partial charge in [0, 0.05) is 10.4 Å². The molecule has 2 rings (SSSR count). The summed E-state index contributed by atoms with van der Waals surface area (Å²) in [4.78, 5) is 1.16. The van der Waals surface area contributed by atoms with Crippen LogP contribution < -0.4 is 9.47 Å². The molecule has 0 atom stereocenters. The predicted octanol–water partition coefficient (Wildman–Crippen LogP) is 2.83. The number of benzene rings is 1. The lowest BCUT2D eigenvalue weighted by Gasteiger charge is -2.10. The first-order valence-electron chi connectivity index (χ1n) is 5.26. The van der Waals surface area contributed by atoms with E-state index >= 15 is 0 Å². The number of aliphatic hydroxyl groups excluding tert-OH is 1. The van der Waals surface area contributed by atoms with Crippen molar-refractivity contribution in [2.24, 2.45) is 0 Å². The molecule has 0 spiro atoms. The average Bonchev–Trinajstić information content (AvgIpc) is 2.89. The quantitative estimate of drug-likeness (QED) is 0.886. The number of methoxy groups -OCH3 is 1. The summed E-state index contributed by atoms with van der Waals surface area (Å²) < 4.78 is 10.8. The topological polar surface area (TPSA) is 38.7 Å². The fourth-order valence-corrected chi connectivity index (χ4v) is 2.11. The van der Waals surface area contributed by atoms with Crippen LogP contribution in [-0.2, 0) is 13.2 Å². The highest BCUT2D eigenvalue weighted by Crippen LogP contribution is 2.25. The van der Waals surface area contributed by atoms with E-state index in [4.69, 9.17) is 9.47 Å². The molecule has 0 unspecified atom stereocenters. The van der Waals surface area contributed by atoms with E-state index in [1.165, 1.54) is 0 Å². The molecule has 4 heteroatoms. The highest BCUT2D eigenvalue weighted by Gasteiger charge is 2.05. The zero-order valence-corrected chi connectivity index (χ0v) is 10.4. The summed E-state index contributed by atoms with van der Waals surface area (Å²) in [6.45, 7) is 0.466. The van der Waals surface area contributed by atoms with Crippen LogP contribution in [0, 0.1) is 0 Å². The molecule has 0 aliphatic heterocycles. The molecule has 0 saturated carbocycles. The maximum atomic E-state index is 9.26. The van der Waals surface area contributed by atoms with Crippen molar-refractivity contribution in [1.29, 1.82) is 0 Å². The smallest absolute Gasteiger partial charge is 0.125 e. The minimum Gasteiger partial charge on any atom is -0.497 e. The summed E-state index contributed by atoms with van der Waals surface area (Å²) in [5.41, 5.74) is 0.737. The van der Waals surface area contributed by atoms with Crippen LogP contribution in [0.25, 0.3) is 0 Å². The average molecular weight is 250 g/mol. The Morgan fingerprint density at radius 1 is 1.29 bits per heavy atom. The highest BCUT2D eigenvalue weighted by atomic mass is 32.1. The van der Waals surface area contributed by atoms with E-state index in [0.717, 1.165) is 16.2 Å². The number of thiophene rings is 1. The largest absolute Gasteiger partial charge is 0.497 e. The van der Waals surface area contributed by atoms with Crippen molar-refractivity contribution in [3.63, 3.8) is 0 Å². The third-order valence-electron chi connectivity index (χ3n) is 2.39. The SMILES string of the molecule is COc1ccc(OCc2cccs2)c(CO)c1. The van der Waals surface area contributed by atoms with Gasteiger partial charge in [-0.3, -0.25) is 0 Å². The molecule has 0 bridgehead atoms. The van der Waals surface area contributed by atoms with E-state index in [1.54, 1.807) is 24.5 Å². The van der Waals surface area contributed by atoms with Gasteiger partial charge in [-0.05, 0) is 29.6 Å². The molecule has 1 N–H and O–H groups in total. The van der Waals surface area contributed by atoms with Crippen LogP contribution in [0.15, 0.2) is 35.7 Å². The summed E-state index contributed by atoms with van der Waals surface area (Å²) in [5.74, 6) is 1.42. The molecule has 1 heterocycles. The Morgan fingerprint density at radius 3 is 2.82 bits per heavy atom. The zero-order valence-electron chi connectivity index (χ0n) is 9.55. The number of rotatable bonds is 5. The normalized spacial score (nSPS) is 10.2. The lowest BCUT2D eigenvalue weighted by atomic mass is 10.2. The van der Waals surface area contributed by atoms with Gasteiger partial charge in [0.05, 0.1) is 13.7 Å². The van der Waals surface area contributed by atoms with E-state index in [2.05, 4.69) is 0 Å². The van der Waals surface area contributed by atoms with Gasteiger partial charge in [-0.15, -0.1) is 11.3 Å². The highest BCUT2D eigenvalue weighted by molar-refractivity contribution is 7.09. The molecule has 3 nitrogen and oxygen atoms in total. The first-order chi connectivity index (χ1) is 8.33. The summed E-state index contributed by atoms with van der Waals surface area (Å²) >= 11 is 1.65. The van der Waals surface area contributed by atoms with Gasteiger partial charge in [-0.2, -0.15) is 0 Å². The van der Waals surface area contributed by atoms with Crippen LogP contribution in [0.1, 0.15) is 10.4 Å². The van der Waals surface area contributed by atoms with E-state index in [-0.39, 0.29) is 6.61 Å². The molecule has 0 aliphatic rings. The Morgan fingerprint density at radius 2 is 2.18 bits per heavy atom. The molecule has 1 aromatic heterocycles. The third-order valence-corrected chi connectivity index (χ3v) is 3.24. The maximum Gasteiger partial charge on any atom is 0.125 e. The van der Waals surface area contributed by atoms with Crippen LogP contribution in [0.3, 0.4) is 0 Å². The first kappa shape index (κ1) is 12.0. The fourth-order valence-electron chi connectivity index (χ4n) is 1.49. The molecular formula is C13H14O3S. The molecule has 0 fully saturated rings. The van der Waals surface area contributed by atoms with Crippen molar-refractivity contribution >= 4 is 11.3 Å². The second kappa shape index (κ2) is 5.70.